The Morgan fingerprint density at radius 3 is 1.77 bits per heavy atom. The van der Waals surface area contributed by atoms with Gasteiger partial charge < -0.3 is 0 Å². The average molecular weight is 215 g/mol. The summed E-state index contributed by atoms with van der Waals surface area (Å²) < 4.78 is 0. The van der Waals surface area contributed by atoms with Crippen LogP contribution in [0.4, 0.5) is 0 Å². The standard InChI is InChI=1S/C9H8Cl2N2/c10-8-3-1-6(12-8)5-7-2-4-9(11)13-7/h1-4,8-9H,5H2/t8-,9-/m0/s1. The quantitative estimate of drug-likeness (QED) is 0.499. The van der Waals surface area contributed by atoms with Crippen LogP contribution in [0.2, 0.25) is 0 Å². The second-order valence-electron chi connectivity index (χ2n) is 2.88. The van der Waals surface area contributed by atoms with Gasteiger partial charge in [0.1, 0.15) is 11.0 Å². The molecule has 68 valence electrons. The van der Waals surface area contributed by atoms with Crippen molar-refractivity contribution in [1.29, 1.82) is 0 Å². The van der Waals surface area contributed by atoms with Crippen LogP contribution < -0.4 is 0 Å². The topological polar surface area (TPSA) is 24.7 Å². The van der Waals surface area contributed by atoms with E-state index in [4.69, 9.17) is 23.2 Å². The summed E-state index contributed by atoms with van der Waals surface area (Å²) in [6.07, 6.45) is 8.28. The van der Waals surface area contributed by atoms with Gasteiger partial charge in [-0.25, -0.2) is 0 Å². The monoisotopic (exact) mass is 214 g/mol. The van der Waals surface area contributed by atoms with Crippen LogP contribution in [-0.4, -0.2) is 22.4 Å². The zero-order valence-corrected chi connectivity index (χ0v) is 8.33. The summed E-state index contributed by atoms with van der Waals surface area (Å²) in [7, 11) is 0. The lowest BCUT2D eigenvalue weighted by molar-refractivity contribution is 1.15. The fourth-order valence-corrected chi connectivity index (χ4v) is 1.66. The molecule has 2 aliphatic rings. The molecule has 2 heterocycles. The van der Waals surface area contributed by atoms with Crippen LogP contribution in [0.5, 0.6) is 0 Å². The molecule has 0 aliphatic carbocycles. The lowest BCUT2D eigenvalue weighted by Gasteiger charge is -1.96. The van der Waals surface area contributed by atoms with Crippen molar-refractivity contribution in [2.45, 2.75) is 17.4 Å². The summed E-state index contributed by atoms with van der Waals surface area (Å²) in [5, 5.41) is 0. The molecule has 0 bridgehead atoms. The summed E-state index contributed by atoms with van der Waals surface area (Å²) in [5.74, 6) is 0. The van der Waals surface area contributed by atoms with Gasteiger partial charge in [0.15, 0.2) is 0 Å². The molecule has 0 N–H and O–H groups in total. The molecular weight excluding hydrogens is 207 g/mol. The van der Waals surface area contributed by atoms with Crippen molar-refractivity contribution < 1.29 is 0 Å². The smallest absolute Gasteiger partial charge is 0.142 e. The van der Waals surface area contributed by atoms with Gasteiger partial charge in [-0.15, -0.1) is 0 Å². The molecule has 4 heteroatoms. The molecule has 13 heavy (non-hydrogen) atoms. The normalized spacial score (nSPS) is 30.9. The highest BCUT2D eigenvalue weighted by Crippen LogP contribution is 2.15. The van der Waals surface area contributed by atoms with Crippen molar-refractivity contribution in [2.75, 3.05) is 0 Å². The average Bonchev–Trinajstić information content (AvgIpc) is 2.62. The van der Waals surface area contributed by atoms with Gasteiger partial charge in [0.2, 0.25) is 0 Å². The van der Waals surface area contributed by atoms with Crippen LogP contribution in [0.25, 0.3) is 0 Å². The van der Waals surface area contributed by atoms with E-state index in [0.29, 0.717) is 0 Å². The third kappa shape index (κ3) is 2.20. The molecule has 0 radical (unpaired) electrons. The zero-order chi connectivity index (χ0) is 9.26. The zero-order valence-electron chi connectivity index (χ0n) is 6.82. The van der Waals surface area contributed by atoms with E-state index >= 15 is 0 Å². The highest BCUT2D eigenvalue weighted by Gasteiger charge is 2.12. The Morgan fingerprint density at radius 1 is 1.00 bits per heavy atom. The molecule has 0 saturated carbocycles. The minimum atomic E-state index is -0.201. The number of allylic oxidation sites excluding steroid dienone is 2. The van der Waals surface area contributed by atoms with Gasteiger partial charge in [0.25, 0.3) is 0 Å². The summed E-state index contributed by atoms with van der Waals surface area (Å²) in [6, 6.07) is 0. The Morgan fingerprint density at radius 2 is 1.46 bits per heavy atom. The maximum Gasteiger partial charge on any atom is 0.142 e. The SMILES string of the molecule is Cl[C@@H]1C=CC(CC2=N[C@H](Cl)C=C2)=N1. The molecule has 2 rings (SSSR count). The molecule has 0 spiro atoms. The van der Waals surface area contributed by atoms with E-state index in [1.165, 1.54) is 0 Å². The molecular formula is C9H8Cl2N2. The number of aliphatic imine (C=N–C) groups is 2. The molecule has 0 unspecified atom stereocenters. The third-order valence-corrected chi connectivity index (χ3v) is 2.32. The molecule has 0 fully saturated rings. The van der Waals surface area contributed by atoms with Crippen molar-refractivity contribution in [1.82, 2.24) is 0 Å². The van der Waals surface area contributed by atoms with Gasteiger partial charge >= 0.3 is 0 Å². The van der Waals surface area contributed by atoms with E-state index in [1.54, 1.807) is 0 Å². The van der Waals surface area contributed by atoms with Crippen LogP contribution in [0.15, 0.2) is 34.3 Å². The first kappa shape index (κ1) is 8.97. The van der Waals surface area contributed by atoms with Crippen molar-refractivity contribution >= 4 is 34.6 Å². The number of nitrogens with zero attached hydrogens (tertiary/aromatic N) is 2. The van der Waals surface area contributed by atoms with Gasteiger partial charge in [-0.2, -0.15) is 0 Å². The number of alkyl halides is 2. The van der Waals surface area contributed by atoms with E-state index in [9.17, 15) is 0 Å². The van der Waals surface area contributed by atoms with E-state index in [0.717, 1.165) is 17.8 Å². The van der Waals surface area contributed by atoms with Crippen LogP contribution in [0, 0.1) is 0 Å². The Balaban J connectivity index is 2.00. The number of hydrogen-bond donors (Lipinski definition) is 0. The predicted octanol–water partition coefficient (Wildman–Crippen LogP) is 2.53. The number of halogens is 2. The fourth-order valence-electron chi connectivity index (χ4n) is 1.26. The molecule has 0 saturated heterocycles. The summed E-state index contributed by atoms with van der Waals surface area (Å²) >= 11 is 11.5. The van der Waals surface area contributed by atoms with Crippen molar-refractivity contribution in [3.8, 4) is 0 Å². The van der Waals surface area contributed by atoms with Gasteiger partial charge in [-0.3, -0.25) is 9.98 Å². The van der Waals surface area contributed by atoms with E-state index < -0.39 is 0 Å². The van der Waals surface area contributed by atoms with Crippen molar-refractivity contribution in [3.05, 3.63) is 24.3 Å². The highest BCUT2D eigenvalue weighted by molar-refractivity contribution is 6.27. The van der Waals surface area contributed by atoms with Crippen molar-refractivity contribution in [2.24, 2.45) is 9.98 Å². The number of rotatable bonds is 2. The van der Waals surface area contributed by atoms with Crippen LogP contribution in [-0.2, 0) is 0 Å². The largest absolute Gasteiger partial charge is 0.266 e. The maximum atomic E-state index is 5.76. The minimum Gasteiger partial charge on any atom is -0.266 e. The Labute approximate surface area is 86.7 Å². The van der Waals surface area contributed by atoms with Crippen molar-refractivity contribution in [3.63, 3.8) is 0 Å². The first-order valence-electron chi connectivity index (χ1n) is 4.02. The Hall–Kier alpha value is -0.600. The maximum absolute atomic E-state index is 5.76. The summed E-state index contributed by atoms with van der Waals surface area (Å²) in [6.45, 7) is 0. The molecule has 0 aromatic heterocycles. The third-order valence-electron chi connectivity index (χ3n) is 1.84. The fraction of sp³-hybridized carbons (Fsp3) is 0.333. The summed E-state index contributed by atoms with van der Waals surface area (Å²) in [4.78, 5) is 8.38. The van der Waals surface area contributed by atoms with Crippen LogP contribution in [0.1, 0.15) is 6.42 Å². The highest BCUT2D eigenvalue weighted by atomic mass is 35.5. The first-order chi connectivity index (χ1) is 6.24. The van der Waals surface area contributed by atoms with Crippen LogP contribution in [0.3, 0.4) is 0 Å². The molecule has 0 aromatic carbocycles. The van der Waals surface area contributed by atoms with Crippen LogP contribution >= 0.6 is 23.2 Å². The summed E-state index contributed by atoms with van der Waals surface area (Å²) in [5.41, 5.74) is 1.53. The Kier molecular flexibility index (Phi) is 2.51. The van der Waals surface area contributed by atoms with E-state index in [-0.39, 0.29) is 11.0 Å². The lowest BCUT2D eigenvalue weighted by Crippen LogP contribution is -2.01. The molecule has 0 aromatic rings. The van der Waals surface area contributed by atoms with Gasteiger partial charge in [-0.05, 0) is 24.3 Å². The Bertz CT molecular complexity index is 297. The molecule has 2 atom stereocenters. The second kappa shape index (κ2) is 3.64. The molecule has 0 amide bonds. The van der Waals surface area contributed by atoms with E-state index in [2.05, 4.69) is 9.98 Å². The minimum absolute atomic E-state index is 0.201. The second-order valence-corrected chi connectivity index (χ2v) is 3.78. The lowest BCUT2D eigenvalue weighted by atomic mass is 10.2. The van der Waals surface area contributed by atoms with Gasteiger partial charge in [-0.1, -0.05) is 23.2 Å². The van der Waals surface area contributed by atoms with Gasteiger partial charge in [0.05, 0.1) is 0 Å². The predicted molar refractivity (Wildman–Crippen MR) is 57.0 cm³/mol. The molecule has 2 aliphatic heterocycles. The first-order valence-corrected chi connectivity index (χ1v) is 4.89. The molecule has 2 nitrogen and oxygen atoms in total. The van der Waals surface area contributed by atoms with E-state index in [1.807, 2.05) is 24.3 Å². The number of hydrogen-bond acceptors (Lipinski definition) is 2. The van der Waals surface area contributed by atoms with Gasteiger partial charge in [0, 0.05) is 17.8 Å².